The normalized spacial score (nSPS) is 26.9. The molecule has 0 saturated carbocycles. The van der Waals surface area contributed by atoms with E-state index < -0.39 is 0 Å². The van der Waals surface area contributed by atoms with Crippen LogP contribution in [0.3, 0.4) is 0 Å². The smallest absolute Gasteiger partial charge is 0.244 e. The van der Waals surface area contributed by atoms with Gasteiger partial charge in [0.2, 0.25) is 5.91 Å². The molecule has 3 nitrogen and oxygen atoms in total. The first kappa shape index (κ1) is 13.0. The Bertz CT molecular complexity index is 477. The summed E-state index contributed by atoms with van der Waals surface area (Å²) < 4.78 is 0. The second kappa shape index (κ2) is 5.55. The number of nitrogens with zero attached hydrogens (tertiary/aromatic N) is 1. The molecule has 0 aliphatic carbocycles. The summed E-state index contributed by atoms with van der Waals surface area (Å²) in [6.45, 7) is 3.92. The summed E-state index contributed by atoms with van der Waals surface area (Å²) in [5, 5.41) is 3.39. The molecular weight excluding hydrogens is 256 g/mol. The van der Waals surface area contributed by atoms with E-state index in [0.717, 1.165) is 31.0 Å². The summed E-state index contributed by atoms with van der Waals surface area (Å²) in [4.78, 5) is 14.8. The van der Waals surface area contributed by atoms with E-state index in [9.17, 15) is 4.79 Å². The van der Waals surface area contributed by atoms with Crippen LogP contribution in [0.4, 0.5) is 0 Å². The number of hydrogen-bond acceptors (Lipinski definition) is 3. The van der Waals surface area contributed by atoms with E-state index in [1.54, 1.807) is 0 Å². The summed E-state index contributed by atoms with van der Waals surface area (Å²) in [5.41, 5.74) is 2.49. The standard InChI is InChI=1S/C15H20N2OS/c1-11-10-19-9-8-17(11)15(18)14-13-5-3-2-4-12(13)6-7-16-14/h2-5,11,14,16H,6-10H2,1H3. The van der Waals surface area contributed by atoms with Crippen molar-refractivity contribution in [3.8, 4) is 0 Å². The van der Waals surface area contributed by atoms with Crippen molar-refractivity contribution in [2.75, 3.05) is 24.6 Å². The zero-order chi connectivity index (χ0) is 13.2. The Morgan fingerprint density at radius 1 is 1.42 bits per heavy atom. The van der Waals surface area contributed by atoms with Crippen molar-refractivity contribution in [3.05, 3.63) is 35.4 Å². The molecule has 0 spiro atoms. The van der Waals surface area contributed by atoms with Crippen molar-refractivity contribution in [2.24, 2.45) is 0 Å². The van der Waals surface area contributed by atoms with Gasteiger partial charge in [-0.1, -0.05) is 24.3 Å². The maximum Gasteiger partial charge on any atom is 0.244 e. The predicted molar refractivity (Wildman–Crippen MR) is 79.4 cm³/mol. The van der Waals surface area contributed by atoms with Gasteiger partial charge in [-0.15, -0.1) is 0 Å². The molecule has 1 N–H and O–H groups in total. The van der Waals surface area contributed by atoms with Gasteiger partial charge >= 0.3 is 0 Å². The number of nitrogens with one attached hydrogen (secondary N) is 1. The van der Waals surface area contributed by atoms with Crippen molar-refractivity contribution >= 4 is 17.7 Å². The van der Waals surface area contributed by atoms with Gasteiger partial charge in [0.25, 0.3) is 0 Å². The highest BCUT2D eigenvalue weighted by molar-refractivity contribution is 7.99. The fourth-order valence-corrected chi connectivity index (χ4v) is 3.96. The van der Waals surface area contributed by atoms with Crippen LogP contribution in [0.1, 0.15) is 24.1 Å². The van der Waals surface area contributed by atoms with Crippen LogP contribution in [-0.2, 0) is 11.2 Å². The lowest BCUT2D eigenvalue weighted by Gasteiger charge is -2.37. The molecule has 102 valence electrons. The van der Waals surface area contributed by atoms with Gasteiger partial charge in [-0.2, -0.15) is 11.8 Å². The second-order valence-corrected chi connectivity index (χ2v) is 6.44. The third kappa shape index (κ3) is 2.51. The molecule has 3 rings (SSSR count). The molecule has 2 aliphatic heterocycles. The first-order chi connectivity index (χ1) is 9.27. The zero-order valence-corrected chi connectivity index (χ0v) is 12.1. The van der Waals surface area contributed by atoms with E-state index in [1.165, 1.54) is 11.1 Å². The number of amides is 1. The van der Waals surface area contributed by atoms with Crippen molar-refractivity contribution in [2.45, 2.75) is 25.4 Å². The van der Waals surface area contributed by atoms with E-state index in [2.05, 4.69) is 35.3 Å². The molecule has 1 aromatic carbocycles. The molecule has 2 heterocycles. The zero-order valence-electron chi connectivity index (χ0n) is 11.3. The van der Waals surface area contributed by atoms with E-state index in [0.29, 0.717) is 6.04 Å². The number of carbonyl (C=O) groups is 1. The van der Waals surface area contributed by atoms with Crippen LogP contribution in [0.25, 0.3) is 0 Å². The number of carbonyl (C=O) groups excluding carboxylic acids is 1. The van der Waals surface area contributed by atoms with Gasteiger partial charge in [-0.3, -0.25) is 4.79 Å². The maximum atomic E-state index is 12.8. The topological polar surface area (TPSA) is 32.3 Å². The third-order valence-electron chi connectivity index (χ3n) is 4.01. The van der Waals surface area contributed by atoms with Crippen LogP contribution in [0.5, 0.6) is 0 Å². The molecule has 1 aromatic rings. The molecule has 1 fully saturated rings. The average Bonchev–Trinajstić information content (AvgIpc) is 2.46. The van der Waals surface area contributed by atoms with Gasteiger partial charge in [0.15, 0.2) is 0 Å². The van der Waals surface area contributed by atoms with Crippen LogP contribution in [-0.4, -0.2) is 41.4 Å². The molecule has 1 saturated heterocycles. The van der Waals surface area contributed by atoms with E-state index in [1.807, 2.05) is 17.8 Å². The minimum Gasteiger partial charge on any atom is -0.337 e. The van der Waals surface area contributed by atoms with Gasteiger partial charge < -0.3 is 10.2 Å². The lowest BCUT2D eigenvalue weighted by atomic mass is 9.93. The largest absolute Gasteiger partial charge is 0.337 e. The average molecular weight is 276 g/mol. The molecule has 0 radical (unpaired) electrons. The third-order valence-corrected chi connectivity index (χ3v) is 5.20. The summed E-state index contributed by atoms with van der Waals surface area (Å²) in [7, 11) is 0. The minimum absolute atomic E-state index is 0.143. The molecule has 2 atom stereocenters. The van der Waals surface area contributed by atoms with Gasteiger partial charge in [-0.25, -0.2) is 0 Å². The Kier molecular flexibility index (Phi) is 3.80. The summed E-state index contributed by atoms with van der Waals surface area (Å²) in [5.74, 6) is 2.37. The summed E-state index contributed by atoms with van der Waals surface area (Å²) in [6, 6.07) is 8.53. The summed E-state index contributed by atoms with van der Waals surface area (Å²) in [6.07, 6.45) is 1.02. The fourth-order valence-electron chi connectivity index (χ4n) is 2.95. The lowest BCUT2D eigenvalue weighted by Crippen LogP contribution is -2.50. The molecule has 0 aromatic heterocycles. The quantitative estimate of drug-likeness (QED) is 0.849. The molecule has 1 amide bonds. The molecule has 19 heavy (non-hydrogen) atoms. The first-order valence-corrected chi connectivity index (χ1v) is 8.12. The van der Waals surface area contributed by atoms with Crippen LogP contribution >= 0.6 is 11.8 Å². The predicted octanol–water partition coefficient (Wildman–Crippen LogP) is 1.84. The van der Waals surface area contributed by atoms with Crippen LogP contribution in [0, 0.1) is 0 Å². The van der Waals surface area contributed by atoms with Gasteiger partial charge in [0.05, 0.1) is 0 Å². The lowest BCUT2D eigenvalue weighted by molar-refractivity contribution is -0.135. The van der Waals surface area contributed by atoms with Crippen molar-refractivity contribution < 1.29 is 4.79 Å². The van der Waals surface area contributed by atoms with E-state index in [4.69, 9.17) is 0 Å². The van der Waals surface area contributed by atoms with Crippen molar-refractivity contribution in [1.29, 1.82) is 0 Å². The van der Waals surface area contributed by atoms with Gasteiger partial charge in [0.1, 0.15) is 6.04 Å². The highest BCUT2D eigenvalue weighted by atomic mass is 32.2. The monoisotopic (exact) mass is 276 g/mol. The molecule has 2 unspecified atom stereocenters. The Balaban J connectivity index is 1.84. The SMILES string of the molecule is CC1CSCCN1C(=O)C1NCCc2ccccc21. The molecule has 2 aliphatic rings. The Hall–Kier alpha value is -1.00. The minimum atomic E-state index is -0.143. The van der Waals surface area contributed by atoms with Crippen LogP contribution in [0.15, 0.2) is 24.3 Å². The first-order valence-electron chi connectivity index (χ1n) is 6.97. The number of thioether (sulfide) groups is 1. The Morgan fingerprint density at radius 3 is 3.11 bits per heavy atom. The van der Waals surface area contributed by atoms with Crippen molar-refractivity contribution in [1.82, 2.24) is 10.2 Å². The van der Waals surface area contributed by atoms with Crippen molar-refractivity contribution in [3.63, 3.8) is 0 Å². The number of hydrogen-bond donors (Lipinski definition) is 1. The highest BCUT2D eigenvalue weighted by Gasteiger charge is 2.32. The summed E-state index contributed by atoms with van der Waals surface area (Å²) >= 11 is 1.94. The van der Waals surface area contributed by atoms with E-state index >= 15 is 0 Å². The number of fused-ring (bicyclic) bond motifs is 1. The second-order valence-electron chi connectivity index (χ2n) is 5.29. The molecule has 0 bridgehead atoms. The number of benzene rings is 1. The Labute approximate surface area is 118 Å². The van der Waals surface area contributed by atoms with Gasteiger partial charge in [0, 0.05) is 30.6 Å². The molecule has 4 heteroatoms. The van der Waals surface area contributed by atoms with E-state index in [-0.39, 0.29) is 11.9 Å². The van der Waals surface area contributed by atoms with Crippen LogP contribution in [0.2, 0.25) is 0 Å². The highest BCUT2D eigenvalue weighted by Crippen LogP contribution is 2.26. The van der Waals surface area contributed by atoms with Gasteiger partial charge in [-0.05, 0) is 24.5 Å². The maximum absolute atomic E-state index is 12.8. The molecular formula is C15H20N2OS. The number of rotatable bonds is 1. The fraction of sp³-hybridized carbons (Fsp3) is 0.533. The van der Waals surface area contributed by atoms with Crippen LogP contribution < -0.4 is 5.32 Å². The Morgan fingerprint density at radius 2 is 2.26 bits per heavy atom.